The summed E-state index contributed by atoms with van der Waals surface area (Å²) in [5.41, 5.74) is 0.910. The van der Waals surface area contributed by atoms with Crippen molar-refractivity contribution in [3.8, 4) is 0 Å². The van der Waals surface area contributed by atoms with Gasteiger partial charge in [0.1, 0.15) is 11.6 Å². The van der Waals surface area contributed by atoms with Gasteiger partial charge in [-0.2, -0.15) is 4.31 Å². The van der Waals surface area contributed by atoms with Crippen molar-refractivity contribution in [3.05, 3.63) is 54.0 Å². The highest BCUT2D eigenvalue weighted by Gasteiger charge is 2.36. The van der Waals surface area contributed by atoms with Crippen molar-refractivity contribution in [2.24, 2.45) is 0 Å². The zero-order valence-electron chi connectivity index (χ0n) is 12.7. The lowest BCUT2D eigenvalue weighted by Gasteiger charge is -2.24. The number of hydrogen-bond acceptors (Lipinski definition) is 4. The molecule has 1 N–H and O–H groups in total. The van der Waals surface area contributed by atoms with Crippen molar-refractivity contribution in [1.82, 2.24) is 9.29 Å². The minimum atomic E-state index is -3.65. The van der Waals surface area contributed by atoms with Gasteiger partial charge in [0.2, 0.25) is 10.0 Å². The Kier molecular flexibility index (Phi) is 4.32. The summed E-state index contributed by atoms with van der Waals surface area (Å²) in [6.07, 6.45) is 3.22. The first-order valence-electron chi connectivity index (χ1n) is 7.43. The van der Waals surface area contributed by atoms with Crippen LogP contribution in [-0.2, 0) is 10.0 Å². The number of benzene rings is 1. The second-order valence-electron chi connectivity index (χ2n) is 5.45. The molecule has 0 spiro atoms. The quantitative estimate of drug-likeness (QED) is 0.933. The van der Waals surface area contributed by atoms with E-state index >= 15 is 0 Å². The van der Waals surface area contributed by atoms with E-state index < -0.39 is 15.8 Å². The fourth-order valence-electron chi connectivity index (χ4n) is 2.89. The summed E-state index contributed by atoms with van der Waals surface area (Å²) in [6.45, 7) is 0.460. The molecular formula is C16H18FN3O2S. The van der Waals surface area contributed by atoms with Gasteiger partial charge in [-0.3, -0.25) is 0 Å². The standard InChI is InChI=1S/C16H18FN3O2S/c1-18-16-11-12(8-9-19-16)15-3-2-10-20(15)23(21,22)14-6-4-13(17)5-7-14/h4-9,11,15H,2-3,10H2,1H3,(H,18,19)/t15-/m1/s1. The zero-order valence-corrected chi connectivity index (χ0v) is 13.6. The lowest BCUT2D eigenvalue weighted by Crippen LogP contribution is -2.30. The smallest absolute Gasteiger partial charge is 0.243 e. The van der Waals surface area contributed by atoms with Crippen LogP contribution < -0.4 is 5.32 Å². The largest absolute Gasteiger partial charge is 0.373 e. The topological polar surface area (TPSA) is 62.3 Å². The van der Waals surface area contributed by atoms with Crippen LogP contribution in [0, 0.1) is 5.82 Å². The van der Waals surface area contributed by atoms with E-state index in [4.69, 9.17) is 0 Å². The minimum Gasteiger partial charge on any atom is -0.373 e. The molecule has 1 atom stereocenters. The van der Waals surface area contributed by atoms with E-state index in [9.17, 15) is 12.8 Å². The molecule has 122 valence electrons. The maximum Gasteiger partial charge on any atom is 0.243 e. The Bertz CT molecular complexity index is 793. The third kappa shape index (κ3) is 3.07. The number of hydrogen-bond donors (Lipinski definition) is 1. The molecule has 23 heavy (non-hydrogen) atoms. The Hall–Kier alpha value is -1.99. The minimum absolute atomic E-state index is 0.119. The van der Waals surface area contributed by atoms with Gasteiger partial charge in [-0.1, -0.05) is 0 Å². The summed E-state index contributed by atoms with van der Waals surface area (Å²) in [5.74, 6) is 0.253. The second-order valence-corrected chi connectivity index (χ2v) is 7.34. The van der Waals surface area contributed by atoms with Gasteiger partial charge in [0, 0.05) is 19.8 Å². The van der Waals surface area contributed by atoms with Crippen molar-refractivity contribution >= 4 is 15.8 Å². The van der Waals surface area contributed by atoms with Crippen molar-refractivity contribution in [3.63, 3.8) is 0 Å². The Morgan fingerprint density at radius 1 is 1.26 bits per heavy atom. The van der Waals surface area contributed by atoms with Gasteiger partial charge in [0.25, 0.3) is 0 Å². The number of pyridine rings is 1. The normalized spacial score (nSPS) is 19.0. The molecule has 2 heterocycles. The number of nitrogens with zero attached hydrogens (tertiary/aromatic N) is 2. The molecule has 7 heteroatoms. The fraction of sp³-hybridized carbons (Fsp3) is 0.312. The van der Waals surface area contributed by atoms with Crippen LogP contribution in [0.25, 0.3) is 0 Å². The first-order valence-corrected chi connectivity index (χ1v) is 8.87. The van der Waals surface area contributed by atoms with E-state index in [1.807, 2.05) is 12.1 Å². The third-order valence-corrected chi connectivity index (χ3v) is 5.97. The molecule has 1 aromatic carbocycles. The fourth-order valence-corrected chi connectivity index (χ4v) is 4.58. The van der Waals surface area contributed by atoms with Crippen molar-refractivity contribution in [1.29, 1.82) is 0 Å². The van der Waals surface area contributed by atoms with Crippen molar-refractivity contribution in [2.75, 3.05) is 18.9 Å². The number of anilines is 1. The lowest BCUT2D eigenvalue weighted by molar-refractivity contribution is 0.396. The predicted octanol–water partition coefficient (Wildman–Crippen LogP) is 2.79. The number of rotatable bonds is 4. The Balaban J connectivity index is 1.96. The first-order chi connectivity index (χ1) is 11.0. The van der Waals surface area contributed by atoms with Crippen LogP contribution in [0.1, 0.15) is 24.4 Å². The summed E-state index contributed by atoms with van der Waals surface area (Å²) in [7, 11) is -1.87. The highest BCUT2D eigenvalue weighted by atomic mass is 32.2. The first kappa shape index (κ1) is 15.9. The van der Waals surface area contributed by atoms with Gasteiger partial charge in [0.15, 0.2) is 0 Å². The monoisotopic (exact) mass is 335 g/mol. The number of aromatic nitrogens is 1. The van der Waals surface area contributed by atoms with Gasteiger partial charge in [0.05, 0.1) is 10.9 Å². The van der Waals surface area contributed by atoms with Gasteiger partial charge in [-0.05, 0) is 54.8 Å². The Morgan fingerprint density at radius 2 is 2.00 bits per heavy atom. The summed E-state index contributed by atoms with van der Waals surface area (Å²) < 4.78 is 40.3. The van der Waals surface area contributed by atoms with Gasteiger partial charge < -0.3 is 5.32 Å². The summed E-state index contributed by atoms with van der Waals surface area (Å²) in [6, 6.07) is 8.44. The van der Waals surface area contributed by atoms with E-state index in [0.717, 1.165) is 18.4 Å². The molecule has 0 unspecified atom stereocenters. The molecule has 0 amide bonds. The predicted molar refractivity (Wildman–Crippen MR) is 86.1 cm³/mol. The molecule has 1 fully saturated rings. The molecule has 1 aliphatic heterocycles. The van der Waals surface area contributed by atoms with Crippen LogP contribution >= 0.6 is 0 Å². The average molecular weight is 335 g/mol. The molecule has 3 rings (SSSR count). The summed E-state index contributed by atoms with van der Waals surface area (Å²) in [5, 5.41) is 2.96. The summed E-state index contributed by atoms with van der Waals surface area (Å²) >= 11 is 0. The van der Waals surface area contributed by atoms with E-state index in [2.05, 4.69) is 10.3 Å². The highest BCUT2D eigenvalue weighted by molar-refractivity contribution is 7.89. The molecule has 0 bridgehead atoms. The van der Waals surface area contributed by atoms with Crippen LogP contribution in [0.15, 0.2) is 47.5 Å². The van der Waals surface area contributed by atoms with Crippen LogP contribution in [0.2, 0.25) is 0 Å². The molecule has 1 aliphatic rings. The van der Waals surface area contributed by atoms with Crippen molar-refractivity contribution in [2.45, 2.75) is 23.8 Å². The van der Waals surface area contributed by atoms with Crippen molar-refractivity contribution < 1.29 is 12.8 Å². The lowest BCUT2D eigenvalue weighted by atomic mass is 10.1. The molecule has 2 aromatic rings. The van der Waals surface area contributed by atoms with Gasteiger partial charge in [-0.25, -0.2) is 17.8 Å². The van der Waals surface area contributed by atoms with Crippen LogP contribution in [0.4, 0.5) is 10.2 Å². The molecule has 5 nitrogen and oxygen atoms in total. The molecule has 1 aromatic heterocycles. The highest BCUT2D eigenvalue weighted by Crippen LogP contribution is 2.36. The van der Waals surface area contributed by atoms with E-state index in [0.29, 0.717) is 12.4 Å². The third-order valence-electron chi connectivity index (χ3n) is 4.05. The average Bonchev–Trinajstić information content (AvgIpc) is 3.06. The van der Waals surface area contributed by atoms with Crippen LogP contribution in [-0.4, -0.2) is 31.3 Å². The zero-order chi connectivity index (χ0) is 16.4. The van der Waals surface area contributed by atoms with Gasteiger partial charge >= 0.3 is 0 Å². The molecule has 0 aliphatic carbocycles. The van der Waals surface area contributed by atoms with E-state index in [-0.39, 0.29) is 10.9 Å². The molecule has 0 saturated carbocycles. The number of sulfonamides is 1. The SMILES string of the molecule is CNc1cc([C@H]2CCCN2S(=O)(=O)c2ccc(F)cc2)ccn1. The molecular weight excluding hydrogens is 317 g/mol. The summed E-state index contributed by atoms with van der Waals surface area (Å²) in [4.78, 5) is 4.28. The van der Waals surface area contributed by atoms with Crippen LogP contribution in [0.5, 0.6) is 0 Å². The Morgan fingerprint density at radius 3 is 2.70 bits per heavy atom. The maximum atomic E-state index is 13.1. The molecule has 1 saturated heterocycles. The second kappa shape index (κ2) is 6.25. The van der Waals surface area contributed by atoms with Crippen LogP contribution in [0.3, 0.4) is 0 Å². The van der Waals surface area contributed by atoms with E-state index in [1.54, 1.807) is 13.2 Å². The Labute approximate surface area is 135 Å². The van der Waals surface area contributed by atoms with Gasteiger partial charge in [-0.15, -0.1) is 0 Å². The van der Waals surface area contributed by atoms with E-state index in [1.165, 1.54) is 28.6 Å². The number of halogens is 1. The number of nitrogens with one attached hydrogen (secondary N) is 1. The maximum absolute atomic E-state index is 13.1. The molecule has 0 radical (unpaired) electrons.